The molecule has 0 amide bonds. The molecular formula is C19H30N2. The van der Waals surface area contributed by atoms with E-state index in [2.05, 4.69) is 42.2 Å². The van der Waals surface area contributed by atoms with Crippen LogP contribution >= 0.6 is 0 Å². The van der Waals surface area contributed by atoms with Crippen LogP contribution in [0.2, 0.25) is 0 Å². The van der Waals surface area contributed by atoms with Crippen molar-refractivity contribution >= 4 is 0 Å². The topological polar surface area (TPSA) is 29.3 Å². The Balaban J connectivity index is 1.54. The summed E-state index contributed by atoms with van der Waals surface area (Å²) in [6, 6.07) is 11.5. The SMILES string of the molecule is CCC1CCC(N)C(CN2CCC(c3ccccc3)C2)C1. The van der Waals surface area contributed by atoms with Crippen molar-refractivity contribution in [1.82, 2.24) is 4.90 Å². The highest BCUT2D eigenvalue weighted by Gasteiger charge is 2.31. The quantitative estimate of drug-likeness (QED) is 0.916. The Kier molecular flexibility index (Phi) is 4.97. The predicted molar refractivity (Wildman–Crippen MR) is 89.3 cm³/mol. The molecule has 0 spiro atoms. The van der Waals surface area contributed by atoms with E-state index in [1.165, 1.54) is 57.3 Å². The Bertz CT molecular complexity index is 430. The van der Waals surface area contributed by atoms with Gasteiger partial charge in [-0.05, 0) is 55.5 Å². The van der Waals surface area contributed by atoms with Crippen LogP contribution in [0.1, 0.15) is 50.5 Å². The van der Waals surface area contributed by atoms with Crippen molar-refractivity contribution < 1.29 is 0 Å². The smallest absolute Gasteiger partial charge is 0.00795 e. The number of benzene rings is 1. The van der Waals surface area contributed by atoms with Gasteiger partial charge in [0, 0.05) is 19.1 Å². The Morgan fingerprint density at radius 2 is 1.95 bits per heavy atom. The largest absolute Gasteiger partial charge is 0.327 e. The number of nitrogens with zero attached hydrogens (tertiary/aromatic N) is 1. The molecule has 1 aliphatic heterocycles. The van der Waals surface area contributed by atoms with Gasteiger partial charge in [-0.25, -0.2) is 0 Å². The standard InChI is InChI=1S/C19H30N2/c1-2-15-8-9-19(20)18(12-15)14-21-11-10-17(13-21)16-6-4-3-5-7-16/h3-7,15,17-19H,2,8-14,20H2,1H3. The minimum Gasteiger partial charge on any atom is -0.327 e. The molecule has 1 aliphatic carbocycles. The molecular weight excluding hydrogens is 256 g/mol. The fraction of sp³-hybridized carbons (Fsp3) is 0.684. The van der Waals surface area contributed by atoms with Crippen LogP contribution in [0.3, 0.4) is 0 Å². The summed E-state index contributed by atoms with van der Waals surface area (Å²) in [5.74, 6) is 2.37. The summed E-state index contributed by atoms with van der Waals surface area (Å²) in [7, 11) is 0. The number of hydrogen-bond donors (Lipinski definition) is 1. The number of rotatable bonds is 4. The minimum absolute atomic E-state index is 0.434. The molecule has 0 radical (unpaired) electrons. The van der Waals surface area contributed by atoms with Crippen molar-refractivity contribution in [2.24, 2.45) is 17.6 Å². The maximum Gasteiger partial charge on any atom is 0.00795 e. The lowest BCUT2D eigenvalue weighted by Crippen LogP contribution is -2.42. The minimum atomic E-state index is 0.434. The van der Waals surface area contributed by atoms with Crippen LogP contribution in [0.15, 0.2) is 30.3 Å². The van der Waals surface area contributed by atoms with Crippen molar-refractivity contribution in [2.75, 3.05) is 19.6 Å². The fourth-order valence-corrected chi connectivity index (χ4v) is 4.29. The van der Waals surface area contributed by atoms with Crippen molar-refractivity contribution in [3.63, 3.8) is 0 Å². The van der Waals surface area contributed by atoms with E-state index in [-0.39, 0.29) is 0 Å². The third-order valence-electron chi connectivity index (χ3n) is 5.76. The molecule has 2 nitrogen and oxygen atoms in total. The summed E-state index contributed by atoms with van der Waals surface area (Å²) in [4.78, 5) is 2.67. The summed E-state index contributed by atoms with van der Waals surface area (Å²) < 4.78 is 0. The molecule has 3 rings (SSSR count). The van der Waals surface area contributed by atoms with Crippen LogP contribution in [0.25, 0.3) is 0 Å². The molecule has 2 fully saturated rings. The van der Waals surface area contributed by atoms with Gasteiger partial charge in [-0.2, -0.15) is 0 Å². The van der Waals surface area contributed by atoms with E-state index in [1.807, 2.05) is 0 Å². The fourth-order valence-electron chi connectivity index (χ4n) is 4.29. The van der Waals surface area contributed by atoms with Gasteiger partial charge < -0.3 is 10.6 Å². The maximum atomic E-state index is 6.39. The summed E-state index contributed by atoms with van der Waals surface area (Å²) in [6.07, 6.45) is 6.57. The van der Waals surface area contributed by atoms with Crippen molar-refractivity contribution in [1.29, 1.82) is 0 Å². The van der Waals surface area contributed by atoms with E-state index in [4.69, 9.17) is 5.73 Å². The first kappa shape index (κ1) is 15.1. The monoisotopic (exact) mass is 286 g/mol. The first-order chi connectivity index (χ1) is 10.3. The van der Waals surface area contributed by atoms with E-state index < -0.39 is 0 Å². The van der Waals surface area contributed by atoms with Crippen molar-refractivity contribution in [3.8, 4) is 0 Å². The Labute approximate surface area is 129 Å². The van der Waals surface area contributed by atoms with Gasteiger partial charge in [-0.15, -0.1) is 0 Å². The van der Waals surface area contributed by atoms with Gasteiger partial charge in [0.25, 0.3) is 0 Å². The molecule has 1 aromatic rings. The lowest BCUT2D eigenvalue weighted by molar-refractivity contribution is 0.170. The number of nitrogens with two attached hydrogens (primary N) is 1. The second-order valence-electron chi connectivity index (χ2n) is 7.17. The average Bonchev–Trinajstić information content (AvgIpc) is 2.99. The lowest BCUT2D eigenvalue weighted by Gasteiger charge is -2.36. The van der Waals surface area contributed by atoms with Gasteiger partial charge >= 0.3 is 0 Å². The predicted octanol–water partition coefficient (Wildman–Crippen LogP) is 3.63. The van der Waals surface area contributed by atoms with Gasteiger partial charge in [0.15, 0.2) is 0 Å². The van der Waals surface area contributed by atoms with E-state index in [0.717, 1.165) is 17.8 Å². The Morgan fingerprint density at radius 1 is 1.14 bits per heavy atom. The summed E-state index contributed by atoms with van der Waals surface area (Å²) in [6.45, 7) is 6.03. The van der Waals surface area contributed by atoms with E-state index in [9.17, 15) is 0 Å². The molecule has 2 aliphatic rings. The third-order valence-corrected chi connectivity index (χ3v) is 5.76. The van der Waals surface area contributed by atoms with Crippen LogP contribution in [0.5, 0.6) is 0 Å². The first-order valence-electron chi connectivity index (χ1n) is 8.79. The molecule has 4 atom stereocenters. The second-order valence-corrected chi connectivity index (χ2v) is 7.17. The molecule has 21 heavy (non-hydrogen) atoms. The van der Waals surface area contributed by atoms with Crippen LogP contribution in [-0.4, -0.2) is 30.6 Å². The number of hydrogen-bond acceptors (Lipinski definition) is 2. The summed E-state index contributed by atoms with van der Waals surface area (Å²) in [5.41, 5.74) is 7.91. The Morgan fingerprint density at radius 3 is 2.71 bits per heavy atom. The van der Waals surface area contributed by atoms with Gasteiger partial charge in [0.1, 0.15) is 0 Å². The molecule has 1 heterocycles. The molecule has 1 saturated heterocycles. The highest BCUT2D eigenvalue weighted by molar-refractivity contribution is 5.21. The number of likely N-dealkylation sites (tertiary alicyclic amines) is 1. The highest BCUT2D eigenvalue weighted by Crippen LogP contribution is 2.33. The van der Waals surface area contributed by atoms with E-state index in [1.54, 1.807) is 0 Å². The zero-order valence-electron chi connectivity index (χ0n) is 13.4. The zero-order chi connectivity index (χ0) is 14.7. The molecule has 116 valence electrons. The highest BCUT2D eigenvalue weighted by atomic mass is 15.1. The third kappa shape index (κ3) is 3.67. The van der Waals surface area contributed by atoms with Crippen molar-refractivity contribution in [3.05, 3.63) is 35.9 Å². The Hall–Kier alpha value is -0.860. The van der Waals surface area contributed by atoms with Crippen molar-refractivity contribution in [2.45, 2.75) is 51.0 Å². The molecule has 0 bridgehead atoms. The summed E-state index contributed by atoms with van der Waals surface area (Å²) >= 11 is 0. The summed E-state index contributed by atoms with van der Waals surface area (Å²) in [5, 5.41) is 0. The average molecular weight is 286 g/mol. The first-order valence-corrected chi connectivity index (χ1v) is 8.79. The molecule has 4 unspecified atom stereocenters. The zero-order valence-corrected chi connectivity index (χ0v) is 13.4. The molecule has 1 saturated carbocycles. The lowest BCUT2D eigenvalue weighted by atomic mass is 9.77. The van der Waals surface area contributed by atoms with Gasteiger partial charge in [-0.1, -0.05) is 43.7 Å². The van der Waals surface area contributed by atoms with E-state index in [0.29, 0.717) is 6.04 Å². The maximum absolute atomic E-state index is 6.39. The van der Waals surface area contributed by atoms with E-state index >= 15 is 0 Å². The van der Waals surface area contributed by atoms with Gasteiger partial charge in [0.05, 0.1) is 0 Å². The van der Waals surface area contributed by atoms with Crippen LogP contribution in [0, 0.1) is 11.8 Å². The van der Waals surface area contributed by atoms with Crippen LogP contribution < -0.4 is 5.73 Å². The second kappa shape index (κ2) is 6.93. The molecule has 0 aromatic heterocycles. The normalized spacial score (nSPS) is 34.2. The molecule has 2 heteroatoms. The van der Waals surface area contributed by atoms with Crippen LogP contribution in [0.4, 0.5) is 0 Å². The van der Waals surface area contributed by atoms with Crippen LogP contribution in [-0.2, 0) is 0 Å². The van der Waals surface area contributed by atoms with Gasteiger partial charge in [-0.3, -0.25) is 0 Å². The molecule has 1 aromatic carbocycles. The van der Waals surface area contributed by atoms with Gasteiger partial charge in [0.2, 0.25) is 0 Å². The molecule has 2 N–H and O–H groups in total.